The van der Waals surface area contributed by atoms with Gasteiger partial charge in [0.1, 0.15) is 11.6 Å². The highest BCUT2D eigenvalue weighted by atomic mass is 32.2. The molecule has 100 valence electrons. The van der Waals surface area contributed by atoms with Gasteiger partial charge in [-0.15, -0.1) is 11.8 Å². The Hall–Kier alpha value is -1.39. The van der Waals surface area contributed by atoms with Crippen molar-refractivity contribution < 1.29 is 8.78 Å². The predicted octanol–water partition coefficient (Wildman–Crippen LogP) is 4.02. The van der Waals surface area contributed by atoms with Gasteiger partial charge in [0.15, 0.2) is 0 Å². The van der Waals surface area contributed by atoms with Crippen LogP contribution in [0.25, 0.3) is 0 Å². The van der Waals surface area contributed by atoms with E-state index in [4.69, 9.17) is 0 Å². The average molecular weight is 279 g/mol. The lowest BCUT2D eigenvalue weighted by atomic mass is 10.1. The summed E-state index contributed by atoms with van der Waals surface area (Å²) in [4.78, 5) is 0.970. The lowest BCUT2D eigenvalue weighted by Gasteiger charge is -2.16. The fourth-order valence-electron chi connectivity index (χ4n) is 1.80. The van der Waals surface area contributed by atoms with Crippen LogP contribution in [0.4, 0.5) is 8.78 Å². The van der Waals surface area contributed by atoms with E-state index in [1.807, 2.05) is 13.1 Å². The largest absolute Gasteiger partial charge is 0.312 e. The van der Waals surface area contributed by atoms with Gasteiger partial charge in [0.25, 0.3) is 0 Å². The van der Waals surface area contributed by atoms with Crippen LogP contribution >= 0.6 is 11.8 Å². The van der Waals surface area contributed by atoms with Crippen LogP contribution in [-0.4, -0.2) is 12.8 Å². The predicted molar refractivity (Wildman–Crippen MR) is 75.3 cm³/mol. The Labute approximate surface area is 116 Å². The first-order valence-electron chi connectivity index (χ1n) is 6.01. The maximum absolute atomic E-state index is 13.7. The van der Waals surface area contributed by atoms with Crippen LogP contribution in [0.2, 0.25) is 0 Å². The second-order valence-electron chi connectivity index (χ2n) is 4.13. The SMILES string of the molecule is CNC(CSc1ccc(F)cc1)c1ccccc1F. The summed E-state index contributed by atoms with van der Waals surface area (Å²) in [6, 6.07) is 13.0. The Morgan fingerprint density at radius 1 is 1.05 bits per heavy atom. The van der Waals surface area contributed by atoms with Gasteiger partial charge in [-0.05, 0) is 37.4 Å². The van der Waals surface area contributed by atoms with Crippen LogP contribution < -0.4 is 5.32 Å². The molecule has 0 bridgehead atoms. The quantitative estimate of drug-likeness (QED) is 0.830. The molecule has 2 aromatic rings. The van der Waals surface area contributed by atoms with Crippen molar-refractivity contribution in [2.75, 3.05) is 12.8 Å². The Balaban J connectivity index is 2.04. The van der Waals surface area contributed by atoms with Gasteiger partial charge >= 0.3 is 0 Å². The van der Waals surface area contributed by atoms with E-state index < -0.39 is 0 Å². The summed E-state index contributed by atoms with van der Waals surface area (Å²) in [5.41, 5.74) is 0.652. The Bertz CT molecular complexity index is 528. The number of halogens is 2. The zero-order valence-electron chi connectivity index (χ0n) is 10.6. The zero-order chi connectivity index (χ0) is 13.7. The first-order chi connectivity index (χ1) is 9.20. The topological polar surface area (TPSA) is 12.0 Å². The molecule has 2 aromatic carbocycles. The van der Waals surface area contributed by atoms with Gasteiger partial charge in [-0.1, -0.05) is 18.2 Å². The monoisotopic (exact) mass is 279 g/mol. The second kappa shape index (κ2) is 6.68. The van der Waals surface area contributed by atoms with Gasteiger partial charge in [0.05, 0.1) is 0 Å². The Kier molecular flexibility index (Phi) is 4.93. The maximum Gasteiger partial charge on any atom is 0.128 e. The second-order valence-corrected chi connectivity index (χ2v) is 5.22. The van der Waals surface area contributed by atoms with E-state index in [2.05, 4.69) is 5.32 Å². The van der Waals surface area contributed by atoms with Crippen molar-refractivity contribution in [3.8, 4) is 0 Å². The molecule has 0 heterocycles. The molecule has 0 aliphatic carbocycles. The minimum absolute atomic E-state index is 0.0729. The van der Waals surface area contributed by atoms with Crippen LogP contribution in [-0.2, 0) is 0 Å². The summed E-state index contributed by atoms with van der Waals surface area (Å²) in [5, 5.41) is 3.11. The Morgan fingerprint density at radius 3 is 2.37 bits per heavy atom. The van der Waals surface area contributed by atoms with Crippen molar-refractivity contribution in [1.29, 1.82) is 0 Å². The van der Waals surface area contributed by atoms with Crippen molar-refractivity contribution in [3.05, 3.63) is 65.7 Å². The summed E-state index contributed by atoms with van der Waals surface area (Å²) >= 11 is 1.57. The van der Waals surface area contributed by atoms with Gasteiger partial charge in [-0.2, -0.15) is 0 Å². The van der Waals surface area contributed by atoms with Crippen molar-refractivity contribution in [2.24, 2.45) is 0 Å². The molecule has 0 fully saturated rings. The standard InChI is InChI=1S/C15H15F2NS/c1-18-15(13-4-2-3-5-14(13)17)10-19-12-8-6-11(16)7-9-12/h2-9,15,18H,10H2,1H3. The number of nitrogens with one attached hydrogen (secondary N) is 1. The first-order valence-corrected chi connectivity index (χ1v) is 6.99. The Morgan fingerprint density at radius 2 is 1.74 bits per heavy atom. The van der Waals surface area contributed by atoms with E-state index in [0.29, 0.717) is 11.3 Å². The molecule has 0 saturated heterocycles. The number of rotatable bonds is 5. The summed E-state index contributed by atoms with van der Waals surface area (Å²) in [7, 11) is 1.81. The molecule has 1 unspecified atom stereocenters. The van der Waals surface area contributed by atoms with E-state index in [-0.39, 0.29) is 17.7 Å². The molecule has 0 saturated carbocycles. The molecule has 0 aromatic heterocycles. The average Bonchev–Trinajstić information content (AvgIpc) is 2.43. The van der Waals surface area contributed by atoms with Crippen LogP contribution in [0.3, 0.4) is 0 Å². The highest BCUT2D eigenvalue weighted by Gasteiger charge is 2.13. The molecule has 1 N–H and O–H groups in total. The molecule has 2 rings (SSSR count). The van der Waals surface area contributed by atoms with Gasteiger partial charge in [0.2, 0.25) is 0 Å². The van der Waals surface area contributed by atoms with E-state index in [1.165, 1.54) is 18.2 Å². The lowest BCUT2D eigenvalue weighted by molar-refractivity contribution is 0.565. The molecule has 0 amide bonds. The number of benzene rings is 2. The summed E-state index contributed by atoms with van der Waals surface area (Å²) in [6.07, 6.45) is 0. The van der Waals surface area contributed by atoms with Crippen molar-refractivity contribution in [1.82, 2.24) is 5.32 Å². The smallest absolute Gasteiger partial charge is 0.128 e. The minimum Gasteiger partial charge on any atom is -0.312 e. The molecule has 0 spiro atoms. The van der Waals surface area contributed by atoms with Gasteiger partial charge in [-0.3, -0.25) is 0 Å². The molecule has 4 heteroatoms. The molecule has 0 aliphatic heterocycles. The van der Waals surface area contributed by atoms with Gasteiger partial charge < -0.3 is 5.32 Å². The number of hydrogen-bond donors (Lipinski definition) is 1. The van der Waals surface area contributed by atoms with E-state index >= 15 is 0 Å². The highest BCUT2D eigenvalue weighted by Crippen LogP contribution is 2.26. The van der Waals surface area contributed by atoms with Gasteiger partial charge in [-0.25, -0.2) is 8.78 Å². The molecular weight excluding hydrogens is 264 g/mol. The van der Waals surface area contributed by atoms with Crippen LogP contribution in [0, 0.1) is 11.6 Å². The molecule has 1 atom stereocenters. The molecule has 0 radical (unpaired) electrons. The van der Waals surface area contributed by atoms with Crippen molar-refractivity contribution >= 4 is 11.8 Å². The van der Waals surface area contributed by atoms with Crippen molar-refractivity contribution in [3.63, 3.8) is 0 Å². The third kappa shape index (κ3) is 3.78. The maximum atomic E-state index is 13.7. The van der Waals surface area contributed by atoms with E-state index in [1.54, 1.807) is 36.0 Å². The first kappa shape index (κ1) is 14.0. The molecular formula is C15H15F2NS. The zero-order valence-corrected chi connectivity index (χ0v) is 11.4. The highest BCUT2D eigenvalue weighted by molar-refractivity contribution is 7.99. The van der Waals surface area contributed by atoms with Gasteiger partial charge in [0, 0.05) is 22.3 Å². The fraction of sp³-hybridized carbons (Fsp3) is 0.200. The van der Waals surface area contributed by atoms with Crippen LogP contribution in [0.1, 0.15) is 11.6 Å². The lowest BCUT2D eigenvalue weighted by Crippen LogP contribution is -2.19. The normalized spacial score (nSPS) is 12.4. The molecule has 0 aliphatic rings. The van der Waals surface area contributed by atoms with E-state index in [0.717, 1.165) is 4.90 Å². The van der Waals surface area contributed by atoms with Crippen molar-refractivity contribution in [2.45, 2.75) is 10.9 Å². The summed E-state index contributed by atoms with van der Waals surface area (Å²) < 4.78 is 26.5. The minimum atomic E-state index is -0.247. The van der Waals surface area contributed by atoms with Crippen LogP contribution in [0.15, 0.2) is 53.4 Å². The molecule has 1 nitrogen and oxygen atoms in total. The summed E-state index contributed by atoms with van der Waals surface area (Å²) in [6.45, 7) is 0. The van der Waals surface area contributed by atoms with E-state index in [9.17, 15) is 8.78 Å². The molecule has 19 heavy (non-hydrogen) atoms. The third-order valence-electron chi connectivity index (χ3n) is 2.86. The van der Waals surface area contributed by atoms with Crippen LogP contribution in [0.5, 0.6) is 0 Å². The fourth-order valence-corrected chi connectivity index (χ4v) is 2.83. The third-order valence-corrected chi connectivity index (χ3v) is 3.96. The number of thioether (sulfide) groups is 1. The summed E-state index contributed by atoms with van der Waals surface area (Å²) in [5.74, 6) is 0.230. The number of hydrogen-bond acceptors (Lipinski definition) is 2.